The molecule has 0 bridgehead atoms. The van der Waals surface area contributed by atoms with Crippen molar-refractivity contribution in [3.63, 3.8) is 0 Å². The van der Waals surface area contributed by atoms with E-state index in [1.54, 1.807) is 0 Å². The molecule has 122 valence electrons. The Labute approximate surface area is 135 Å². The first kappa shape index (κ1) is 15.5. The molecule has 2 aromatic heterocycles. The van der Waals surface area contributed by atoms with Gasteiger partial charge in [-0.3, -0.25) is 14.8 Å². The second-order valence-corrected chi connectivity index (χ2v) is 6.14. The van der Waals surface area contributed by atoms with E-state index < -0.39 is 14.9 Å². The minimum absolute atomic E-state index is 0.0120. The Hall–Kier alpha value is -3.41. The molecule has 0 radical (unpaired) electrons. The topological polar surface area (TPSA) is 146 Å². The Kier molecular flexibility index (Phi) is 3.87. The SMILES string of the molecule is O=[N+]([O-])c1cccc(S(=O)(=O)Nc2cc(-n3cncn3)ncn2)c1. The van der Waals surface area contributed by atoms with Crippen LogP contribution in [-0.2, 0) is 10.0 Å². The van der Waals surface area contributed by atoms with E-state index in [1.807, 2.05) is 0 Å². The van der Waals surface area contributed by atoms with Crippen LogP contribution in [-0.4, -0.2) is 38.1 Å². The summed E-state index contributed by atoms with van der Waals surface area (Å²) in [6.45, 7) is 0. The van der Waals surface area contributed by atoms with Gasteiger partial charge in [0, 0.05) is 18.2 Å². The van der Waals surface area contributed by atoms with E-state index in [2.05, 4.69) is 24.8 Å². The standard InChI is InChI=1S/C12H9N7O4S/c20-19(21)9-2-1-3-10(4-9)24(22,23)17-11-5-12(15-7-14-11)18-8-13-6-16-18/h1-8H,(H,14,15,17). The highest BCUT2D eigenvalue weighted by Crippen LogP contribution is 2.20. The Morgan fingerprint density at radius 3 is 2.71 bits per heavy atom. The van der Waals surface area contributed by atoms with Crippen LogP contribution in [0.15, 0.2) is 54.2 Å². The summed E-state index contributed by atoms with van der Waals surface area (Å²) in [5.41, 5.74) is -0.330. The number of aromatic nitrogens is 5. The number of nitro benzene ring substituents is 1. The first-order valence-electron chi connectivity index (χ1n) is 6.40. The first-order valence-corrected chi connectivity index (χ1v) is 7.88. The smallest absolute Gasteiger partial charge is 0.263 e. The van der Waals surface area contributed by atoms with Crippen LogP contribution in [0.1, 0.15) is 0 Å². The normalized spacial score (nSPS) is 11.2. The number of benzene rings is 1. The zero-order valence-corrected chi connectivity index (χ0v) is 12.7. The molecule has 1 N–H and O–H groups in total. The van der Waals surface area contributed by atoms with Crippen molar-refractivity contribution < 1.29 is 13.3 Å². The number of nitrogens with one attached hydrogen (secondary N) is 1. The molecule has 2 heterocycles. The van der Waals surface area contributed by atoms with Crippen LogP contribution in [0.2, 0.25) is 0 Å². The van der Waals surface area contributed by atoms with Gasteiger partial charge in [0.15, 0.2) is 5.82 Å². The lowest BCUT2D eigenvalue weighted by Gasteiger charge is -2.08. The van der Waals surface area contributed by atoms with Gasteiger partial charge in [0.1, 0.15) is 24.8 Å². The number of non-ortho nitro benzene ring substituents is 1. The van der Waals surface area contributed by atoms with Crippen LogP contribution in [0.4, 0.5) is 11.5 Å². The van der Waals surface area contributed by atoms with Crippen LogP contribution in [0, 0.1) is 10.1 Å². The molecule has 0 spiro atoms. The van der Waals surface area contributed by atoms with Gasteiger partial charge in [0.2, 0.25) is 0 Å². The van der Waals surface area contributed by atoms with Gasteiger partial charge in [0.25, 0.3) is 15.7 Å². The summed E-state index contributed by atoms with van der Waals surface area (Å²) in [6.07, 6.45) is 3.85. The lowest BCUT2D eigenvalue weighted by molar-refractivity contribution is -0.385. The fourth-order valence-corrected chi connectivity index (χ4v) is 2.85. The van der Waals surface area contributed by atoms with Gasteiger partial charge in [-0.2, -0.15) is 5.10 Å². The molecule has 0 aliphatic heterocycles. The highest BCUT2D eigenvalue weighted by molar-refractivity contribution is 7.92. The minimum Gasteiger partial charge on any atom is -0.263 e. The van der Waals surface area contributed by atoms with Crippen molar-refractivity contribution >= 4 is 21.5 Å². The third kappa shape index (κ3) is 3.17. The summed E-state index contributed by atoms with van der Waals surface area (Å²) in [4.78, 5) is 21.4. The lowest BCUT2D eigenvalue weighted by atomic mass is 10.3. The monoisotopic (exact) mass is 347 g/mol. The fourth-order valence-electron chi connectivity index (χ4n) is 1.82. The van der Waals surface area contributed by atoms with Crippen molar-refractivity contribution in [2.45, 2.75) is 4.90 Å². The Morgan fingerprint density at radius 2 is 2.00 bits per heavy atom. The van der Waals surface area contributed by atoms with Crippen molar-refractivity contribution in [3.8, 4) is 5.82 Å². The maximum absolute atomic E-state index is 12.3. The highest BCUT2D eigenvalue weighted by atomic mass is 32.2. The molecule has 3 aromatic rings. The minimum atomic E-state index is -4.04. The number of nitrogens with zero attached hydrogens (tertiary/aromatic N) is 6. The average molecular weight is 347 g/mol. The maximum Gasteiger partial charge on any atom is 0.270 e. The molecule has 0 amide bonds. The molecule has 1 aromatic carbocycles. The van der Waals surface area contributed by atoms with Crippen molar-refractivity contribution in [2.75, 3.05) is 4.72 Å². The molecule has 3 rings (SSSR count). The number of rotatable bonds is 5. The number of sulfonamides is 1. The summed E-state index contributed by atoms with van der Waals surface area (Å²) in [6, 6.07) is 6.04. The summed E-state index contributed by atoms with van der Waals surface area (Å²) in [5.74, 6) is 0.293. The van der Waals surface area contributed by atoms with E-state index in [9.17, 15) is 18.5 Å². The zero-order valence-electron chi connectivity index (χ0n) is 11.8. The van der Waals surface area contributed by atoms with Crippen LogP contribution >= 0.6 is 0 Å². The molecule has 11 nitrogen and oxygen atoms in total. The highest BCUT2D eigenvalue weighted by Gasteiger charge is 2.18. The van der Waals surface area contributed by atoms with Crippen molar-refractivity contribution in [3.05, 3.63) is 59.4 Å². The van der Waals surface area contributed by atoms with Crippen molar-refractivity contribution in [1.82, 2.24) is 24.7 Å². The third-order valence-corrected chi connectivity index (χ3v) is 4.24. The average Bonchev–Trinajstić information content (AvgIpc) is 3.09. The number of nitro groups is 1. The number of anilines is 1. The van der Waals surface area contributed by atoms with E-state index in [-0.39, 0.29) is 16.4 Å². The second-order valence-electron chi connectivity index (χ2n) is 4.46. The van der Waals surface area contributed by atoms with Gasteiger partial charge in [-0.05, 0) is 6.07 Å². The van der Waals surface area contributed by atoms with Crippen molar-refractivity contribution in [2.24, 2.45) is 0 Å². The zero-order chi connectivity index (χ0) is 17.2. The van der Waals surface area contributed by atoms with E-state index in [4.69, 9.17) is 0 Å². The van der Waals surface area contributed by atoms with Crippen molar-refractivity contribution in [1.29, 1.82) is 0 Å². The van der Waals surface area contributed by atoms with Gasteiger partial charge < -0.3 is 0 Å². The molecule has 0 aliphatic rings. The predicted molar refractivity (Wildman–Crippen MR) is 80.9 cm³/mol. The Morgan fingerprint density at radius 1 is 1.17 bits per heavy atom. The van der Waals surface area contributed by atoms with Crippen LogP contribution in [0.25, 0.3) is 5.82 Å². The van der Waals surface area contributed by atoms with Gasteiger partial charge in [-0.15, -0.1) is 0 Å². The van der Waals surface area contributed by atoms with E-state index in [0.29, 0.717) is 5.82 Å². The molecular formula is C12H9N7O4S. The summed E-state index contributed by atoms with van der Waals surface area (Å²) >= 11 is 0. The molecule has 12 heteroatoms. The van der Waals surface area contributed by atoms with E-state index in [0.717, 1.165) is 12.4 Å². The largest absolute Gasteiger partial charge is 0.270 e. The second kappa shape index (κ2) is 6.00. The summed E-state index contributed by atoms with van der Waals surface area (Å²) in [5, 5.41) is 14.6. The van der Waals surface area contributed by atoms with Crippen LogP contribution in [0.5, 0.6) is 0 Å². The summed E-state index contributed by atoms with van der Waals surface area (Å²) < 4.78 is 28.3. The predicted octanol–water partition coefficient (Wildman–Crippen LogP) is 0.766. The molecule has 24 heavy (non-hydrogen) atoms. The fraction of sp³-hybridized carbons (Fsp3) is 0. The molecule has 0 saturated carbocycles. The lowest BCUT2D eigenvalue weighted by Crippen LogP contribution is -2.14. The van der Waals surface area contributed by atoms with Crippen LogP contribution < -0.4 is 4.72 Å². The summed E-state index contributed by atoms with van der Waals surface area (Å²) in [7, 11) is -4.04. The first-order chi connectivity index (χ1) is 11.5. The number of hydrogen-bond donors (Lipinski definition) is 1. The maximum atomic E-state index is 12.3. The quantitative estimate of drug-likeness (QED) is 0.526. The van der Waals surface area contributed by atoms with Gasteiger partial charge in [-0.25, -0.2) is 28.1 Å². The molecule has 0 fully saturated rings. The van der Waals surface area contributed by atoms with Crippen LogP contribution in [0.3, 0.4) is 0 Å². The molecule has 0 unspecified atom stereocenters. The number of hydrogen-bond acceptors (Lipinski definition) is 8. The van der Waals surface area contributed by atoms with Gasteiger partial charge in [-0.1, -0.05) is 6.07 Å². The van der Waals surface area contributed by atoms with Gasteiger partial charge >= 0.3 is 0 Å². The van der Waals surface area contributed by atoms with E-state index in [1.165, 1.54) is 41.6 Å². The molecule has 0 atom stereocenters. The third-order valence-electron chi connectivity index (χ3n) is 2.88. The van der Waals surface area contributed by atoms with E-state index >= 15 is 0 Å². The molecular weight excluding hydrogens is 338 g/mol. The molecule has 0 aliphatic carbocycles. The Bertz CT molecular complexity index is 988. The molecule has 0 saturated heterocycles. The van der Waals surface area contributed by atoms with Gasteiger partial charge in [0.05, 0.1) is 9.82 Å². The Balaban J connectivity index is 1.91.